The molecule has 3 rings (SSSR count). The minimum absolute atomic E-state index is 0.317. The highest BCUT2D eigenvalue weighted by Crippen LogP contribution is 2.38. The van der Waals surface area contributed by atoms with Crippen molar-refractivity contribution in [2.45, 2.75) is 15.4 Å². The van der Waals surface area contributed by atoms with Crippen molar-refractivity contribution < 1.29 is 23.1 Å². The van der Waals surface area contributed by atoms with Crippen molar-refractivity contribution in [2.75, 3.05) is 0 Å². The van der Waals surface area contributed by atoms with Crippen molar-refractivity contribution in [2.24, 2.45) is 0 Å². The summed E-state index contributed by atoms with van der Waals surface area (Å²) in [6.07, 6.45) is -3.26. The number of thiazole rings is 1. The molecule has 10 heteroatoms. The molecule has 1 aromatic carbocycles. The number of halogens is 3. The number of alkyl halides is 3. The van der Waals surface area contributed by atoms with Gasteiger partial charge in [0.15, 0.2) is 4.34 Å². The van der Waals surface area contributed by atoms with Crippen LogP contribution in [0.15, 0.2) is 56.6 Å². The molecule has 0 spiro atoms. The van der Waals surface area contributed by atoms with Gasteiger partial charge >= 0.3 is 12.1 Å². The molecule has 0 unspecified atom stereocenters. The molecule has 0 atom stereocenters. The molecule has 2 aromatic heterocycles. The van der Waals surface area contributed by atoms with E-state index in [1.54, 1.807) is 11.2 Å². The number of carbonyl (C=O) groups is 1. The SMILES string of the molecule is O=C(O)c1c(Sc2ncc(-c3ccccc3)s2)cc(C(F)(F)F)[nH]c1=O. The second-order valence-electron chi connectivity index (χ2n) is 5.01. The van der Waals surface area contributed by atoms with Crippen molar-refractivity contribution in [3.63, 3.8) is 0 Å². The predicted octanol–water partition coefficient (Wildman–Crippen LogP) is 4.37. The Kier molecular flexibility index (Phi) is 4.88. The lowest BCUT2D eigenvalue weighted by atomic mass is 10.2. The first-order valence-corrected chi connectivity index (χ1v) is 8.66. The monoisotopic (exact) mass is 398 g/mol. The van der Waals surface area contributed by atoms with Gasteiger partial charge in [-0.3, -0.25) is 4.79 Å². The summed E-state index contributed by atoms with van der Waals surface area (Å²) in [6, 6.07) is 9.81. The van der Waals surface area contributed by atoms with Gasteiger partial charge in [0.1, 0.15) is 11.3 Å². The molecule has 0 aliphatic carbocycles. The lowest BCUT2D eigenvalue weighted by Gasteiger charge is -2.09. The van der Waals surface area contributed by atoms with Gasteiger partial charge in [0.2, 0.25) is 0 Å². The van der Waals surface area contributed by atoms with E-state index in [1.807, 2.05) is 30.3 Å². The van der Waals surface area contributed by atoms with Crippen LogP contribution in [0, 0.1) is 0 Å². The molecule has 0 saturated carbocycles. The van der Waals surface area contributed by atoms with E-state index in [9.17, 15) is 22.8 Å². The van der Waals surface area contributed by atoms with Crippen molar-refractivity contribution in [1.29, 1.82) is 0 Å². The van der Waals surface area contributed by atoms with E-state index < -0.39 is 29.0 Å². The van der Waals surface area contributed by atoms with Crippen LogP contribution in [0.2, 0.25) is 0 Å². The fourth-order valence-electron chi connectivity index (χ4n) is 2.11. The number of benzene rings is 1. The summed E-state index contributed by atoms with van der Waals surface area (Å²) < 4.78 is 39.0. The topological polar surface area (TPSA) is 83.0 Å². The number of hydrogen-bond donors (Lipinski definition) is 2. The predicted molar refractivity (Wildman–Crippen MR) is 90.7 cm³/mol. The fraction of sp³-hybridized carbons (Fsp3) is 0.0625. The van der Waals surface area contributed by atoms with E-state index in [1.165, 1.54) is 11.3 Å². The largest absolute Gasteiger partial charge is 0.477 e. The van der Waals surface area contributed by atoms with Gasteiger partial charge in [-0.25, -0.2) is 9.78 Å². The molecule has 0 saturated heterocycles. The van der Waals surface area contributed by atoms with Crippen LogP contribution >= 0.6 is 23.1 Å². The smallest absolute Gasteiger partial charge is 0.431 e. The summed E-state index contributed by atoms with van der Waals surface area (Å²) in [5.41, 5.74) is -2.50. The Morgan fingerprint density at radius 1 is 1.23 bits per heavy atom. The molecule has 0 aliphatic rings. The van der Waals surface area contributed by atoms with Gasteiger partial charge in [-0.1, -0.05) is 42.1 Å². The van der Waals surface area contributed by atoms with Crippen LogP contribution in [0.5, 0.6) is 0 Å². The second kappa shape index (κ2) is 6.96. The van der Waals surface area contributed by atoms with Crippen molar-refractivity contribution in [3.8, 4) is 10.4 Å². The zero-order chi connectivity index (χ0) is 18.9. The van der Waals surface area contributed by atoms with Crippen LogP contribution in [-0.2, 0) is 6.18 Å². The minimum Gasteiger partial charge on any atom is -0.477 e. The average Bonchev–Trinajstić information content (AvgIpc) is 3.02. The molecule has 0 bridgehead atoms. The quantitative estimate of drug-likeness (QED) is 0.682. The number of carboxylic acid groups (broad SMARTS) is 1. The minimum atomic E-state index is -4.80. The van der Waals surface area contributed by atoms with Gasteiger partial charge < -0.3 is 10.1 Å². The normalized spacial score (nSPS) is 11.5. The van der Waals surface area contributed by atoms with E-state index in [0.29, 0.717) is 22.2 Å². The molecule has 2 heterocycles. The van der Waals surface area contributed by atoms with Crippen LogP contribution in [0.4, 0.5) is 13.2 Å². The van der Waals surface area contributed by atoms with Crippen LogP contribution in [-0.4, -0.2) is 21.0 Å². The van der Waals surface area contributed by atoms with Crippen LogP contribution in [0.1, 0.15) is 16.1 Å². The lowest BCUT2D eigenvalue weighted by molar-refractivity contribution is -0.141. The molecule has 0 radical (unpaired) electrons. The summed E-state index contributed by atoms with van der Waals surface area (Å²) >= 11 is 1.89. The number of aromatic carboxylic acids is 1. The summed E-state index contributed by atoms with van der Waals surface area (Å²) in [6.45, 7) is 0. The number of hydrogen-bond acceptors (Lipinski definition) is 5. The standard InChI is InChI=1S/C16H9F3N2O3S2/c17-16(18,19)11-6-9(12(14(23)24)13(22)21-11)25-15-20-7-10(26-15)8-4-2-1-3-5-8/h1-7H,(H,21,22)(H,23,24). The maximum atomic E-state index is 12.9. The molecule has 0 amide bonds. The number of pyridine rings is 1. The highest BCUT2D eigenvalue weighted by molar-refractivity contribution is 8.01. The summed E-state index contributed by atoms with van der Waals surface area (Å²) in [5.74, 6) is -1.61. The average molecular weight is 398 g/mol. The highest BCUT2D eigenvalue weighted by atomic mass is 32.2. The number of carboxylic acids is 1. The summed E-state index contributed by atoms with van der Waals surface area (Å²) in [5, 5.41) is 9.17. The van der Waals surface area contributed by atoms with Crippen molar-refractivity contribution in [1.82, 2.24) is 9.97 Å². The number of aromatic amines is 1. The van der Waals surface area contributed by atoms with Gasteiger partial charge in [-0.05, 0) is 11.6 Å². The van der Waals surface area contributed by atoms with Gasteiger partial charge in [0.05, 0.1) is 4.88 Å². The third kappa shape index (κ3) is 3.81. The summed E-state index contributed by atoms with van der Waals surface area (Å²) in [4.78, 5) is 29.2. The van der Waals surface area contributed by atoms with E-state index in [4.69, 9.17) is 5.11 Å². The molecule has 0 fully saturated rings. The molecular formula is C16H9F3N2O3S2. The van der Waals surface area contributed by atoms with E-state index in [2.05, 4.69) is 4.98 Å². The molecule has 2 N–H and O–H groups in total. The van der Waals surface area contributed by atoms with E-state index in [-0.39, 0.29) is 4.90 Å². The van der Waals surface area contributed by atoms with E-state index in [0.717, 1.165) is 10.4 Å². The van der Waals surface area contributed by atoms with E-state index >= 15 is 0 Å². The molecule has 134 valence electrons. The van der Waals surface area contributed by atoms with Crippen molar-refractivity contribution >= 4 is 29.1 Å². The van der Waals surface area contributed by atoms with Crippen LogP contribution < -0.4 is 5.56 Å². The second-order valence-corrected chi connectivity index (χ2v) is 7.33. The van der Waals surface area contributed by atoms with Gasteiger partial charge in [0.25, 0.3) is 5.56 Å². The Morgan fingerprint density at radius 2 is 1.92 bits per heavy atom. The number of nitrogens with one attached hydrogen (secondary N) is 1. The molecule has 5 nitrogen and oxygen atoms in total. The Bertz CT molecular complexity index is 1010. The summed E-state index contributed by atoms with van der Waals surface area (Å²) in [7, 11) is 0. The van der Waals surface area contributed by atoms with Gasteiger partial charge in [-0.2, -0.15) is 13.2 Å². The zero-order valence-electron chi connectivity index (χ0n) is 12.7. The van der Waals surface area contributed by atoms with Gasteiger partial charge in [0, 0.05) is 11.1 Å². The van der Waals surface area contributed by atoms with Crippen LogP contribution in [0.3, 0.4) is 0 Å². The zero-order valence-corrected chi connectivity index (χ0v) is 14.3. The first-order chi connectivity index (χ1) is 12.3. The first-order valence-electron chi connectivity index (χ1n) is 7.02. The lowest BCUT2D eigenvalue weighted by Crippen LogP contribution is -2.23. The van der Waals surface area contributed by atoms with Crippen molar-refractivity contribution in [3.05, 3.63) is 64.2 Å². The number of rotatable bonds is 4. The third-order valence-corrected chi connectivity index (χ3v) is 5.42. The maximum Gasteiger partial charge on any atom is 0.431 e. The highest BCUT2D eigenvalue weighted by Gasteiger charge is 2.34. The Morgan fingerprint density at radius 3 is 2.54 bits per heavy atom. The Balaban J connectivity index is 2.02. The maximum absolute atomic E-state index is 12.9. The first kappa shape index (κ1) is 18.2. The number of aromatic nitrogens is 2. The Labute approximate surface area is 152 Å². The third-order valence-electron chi connectivity index (χ3n) is 3.26. The molecule has 26 heavy (non-hydrogen) atoms. The molecular weight excluding hydrogens is 389 g/mol. The van der Waals surface area contributed by atoms with Gasteiger partial charge in [-0.15, -0.1) is 11.3 Å². The molecule has 0 aliphatic heterocycles. The number of nitrogens with zero attached hydrogens (tertiary/aromatic N) is 1. The fourth-order valence-corrected chi connectivity index (χ4v) is 4.22. The molecule has 3 aromatic rings. The Hall–Kier alpha value is -2.59. The number of H-pyrrole nitrogens is 1. The van der Waals surface area contributed by atoms with Crippen LogP contribution in [0.25, 0.3) is 10.4 Å².